The van der Waals surface area contributed by atoms with E-state index in [0.29, 0.717) is 10.2 Å². The molecular weight excluding hydrogens is 353 g/mol. The molecule has 0 fully saturated rings. The van der Waals surface area contributed by atoms with Crippen LogP contribution < -0.4 is 0 Å². The standard InChI is InChI=1S/C7H7BrINO3/c1-13-2-3-4(8)5(9)6(10-3)7(11)12/h10H,2H2,1H3,(H,11,12). The second-order valence-electron chi connectivity index (χ2n) is 2.34. The monoisotopic (exact) mass is 359 g/mol. The minimum atomic E-state index is -0.965. The van der Waals surface area contributed by atoms with E-state index in [-0.39, 0.29) is 5.69 Å². The molecule has 4 nitrogen and oxygen atoms in total. The van der Waals surface area contributed by atoms with Crippen LogP contribution in [-0.4, -0.2) is 23.2 Å². The lowest BCUT2D eigenvalue weighted by atomic mass is 10.4. The van der Waals surface area contributed by atoms with Gasteiger partial charge in [-0.25, -0.2) is 4.79 Å². The third-order valence-corrected chi connectivity index (χ3v) is 4.15. The number of carbonyl (C=O) groups is 1. The van der Waals surface area contributed by atoms with Crippen molar-refractivity contribution in [3.8, 4) is 0 Å². The average molecular weight is 360 g/mol. The quantitative estimate of drug-likeness (QED) is 0.813. The Morgan fingerprint density at radius 3 is 2.77 bits per heavy atom. The van der Waals surface area contributed by atoms with Gasteiger partial charge >= 0.3 is 5.97 Å². The highest BCUT2D eigenvalue weighted by atomic mass is 127. The number of aromatic amines is 1. The lowest BCUT2D eigenvalue weighted by Gasteiger charge is -1.94. The first-order valence-corrected chi connectivity index (χ1v) is 5.23. The molecule has 0 aliphatic carbocycles. The molecule has 0 aliphatic rings. The summed E-state index contributed by atoms with van der Waals surface area (Å²) < 4.78 is 6.32. The Hall–Kier alpha value is -0.0800. The summed E-state index contributed by atoms with van der Waals surface area (Å²) in [7, 11) is 1.56. The van der Waals surface area contributed by atoms with Gasteiger partial charge in [0.05, 0.1) is 20.3 Å². The van der Waals surface area contributed by atoms with Gasteiger partial charge in [-0.15, -0.1) is 0 Å². The SMILES string of the molecule is COCc1[nH]c(C(=O)O)c(I)c1Br. The summed E-state index contributed by atoms with van der Waals surface area (Å²) in [6, 6.07) is 0. The first kappa shape index (κ1) is 11.0. The molecule has 1 heterocycles. The maximum atomic E-state index is 10.7. The van der Waals surface area contributed by atoms with Crippen LogP contribution in [0.2, 0.25) is 0 Å². The van der Waals surface area contributed by atoms with Crippen molar-refractivity contribution in [3.05, 3.63) is 19.4 Å². The van der Waals surface area contributed by atoms with E-state index in [1.54, 1.807) is 7.11 Å². The van der Waals surface area contributed by atoms with E-state index in [9.17, 15) is 4.79 Å². The van der Waals surface area contributed by atoms with Gasteiger partial charge in [0, 0.05) is 7.11 Å². The molecule has 0 bridgehead atoms. The Kier molecular flexibility index (Phi) is 3.74. The number of carboxylic acid groups (broad SMARTS) is 1. The fourth-order valence-electron chi connectivity index (χ4n) is 0.894. The van der Waals surface area contributed by atoms with Gasteiger partial charge in [-0.3, -0.25) is 0 Å². The zero-order chi connectivity index (χ0) is 10.0. The molecule has 72 valence electrons. The van der Waals surface area contributed by atoms with Crippen LogP contribution in [0.4, 0.5) is 0 Å². The number of rotatable bonds is 3. The molecule has 1 rings (SSSR count). The van der Waals surface area contributed by atoms with Crippen LogP contribution in [0.1, 0.15) is 16.2 Å². The highest BCUT2D eigenvalue weighted by molar-refractivity contribution is 14.1. The van der Waals surface area contributed by atoms with Crippen LogP contribution in [0, 0.1) is 3.57 Å². The first-order valence-electron chi connectivity index (χ1n) is 3.36. The first-order chi connectivity index (χ1) is 6.07. The van der Waals surface area contributed by atoms with Gasteiger partial charge < -0.3 is 14.8 Å². The molecule has 0 spiro atoms. The van der Waals surface area contributed by atoms with Gasteiger partial charge in [0.15, 0.2) is 0 Å². The lowest BCUT2D eigenvalue weighted by molar-refractivity contribution is 0.0689. The maximum absolute atomic E-state index is 10.7. The molecule has 0 atom stereocenters. The van der Waals surface area contributed by atoms with E-state index in [0.717, 1.165) is 10.2 Å². The molecule has 1 aromatic heterocycles. The van der Waals surface area contributed by atoms with Gasteiger partial charge in [0.2, 0.25) is 0 Å². The van der Waals surface area contributed by atoms with Crippen LogP contribution in [0.3, 0.4) is 0 Å². The Morgan fingerprint density at radius 1 is 1.77 bits per heavy atom. The Balaban J connectivity index is 3.12. The molecule has 6 heteroatoms. The molecule has 0 saturated carbocycles. The van der Waals surface area contributed by atoms with Crippen molar-refractivity contribution in [1.82, 2.24) is 4.98 Å². The zero-order valence-electron chi connectivity index (χ0n) is 6.73. The predicted octanol–water partition coefficient (Wildman–Crippen LogP) is 2.23. The fraction of sp³-hybridized carbons (Fsp3) is 0.286. The van der Waals surface area contributed by atoms with Gasteiger partial charge in [-0.05, 0) is 38.5 Å². The number of hydrogen-bond donors (Lipinski definition) is 2. The predicted molar refractivity (Wildman–Crippen MR) is 58.9 cm³/mol. The largest absolute Gasteiger partial charge is 0.477 e. The molecule has 0 aromatic carbocycles. The van der Waals surface area contributed by atoms with Crippen LogP contribution in [0.25, 0.3) is 0 Å². The molecule has 1 aromatic rings. The number of H-pyrrole nitrogens is 1. The summed E-state index contributed by atoms with van der Waals surface area (Å²) in [5, 5.41) is 8.77. The average Bonchev–Trinajstić information content (AvgIpc) is 2.33. The minimum absolute atomic E-state index is 0.194. The summed E-state index contributed by atoms with van der Waals surface area (Å²) in [6.45, 7) is 0.365. The number of nitrogens with one attached hydrogen (secondary N) is 1. The summed E-state index contributed by atoms with van der Waals surface area (Å²) >= 11 is 5.25. The number of halogens is 2. The smallest absolute Gasteiger partial charge is 0.353 e. The molecular formula is C7H7BrINO3. The van der Waals surface area contributed by atoms with E-state index in [4.69, 9.17) is 9.84 Å². The van der Waals surface area contributed by atoms with Crippen molar-refractivity contribution in [2.75, 3.05) is 7.11 Å². The summed E-state index contributed by atoms with van der Waals surface area (Å²) in [6.07, 6.45) is 0. The molecule has 0 aliphatic heterocycles. The number of methoxy groups -OCH3 is 1. The van der Waals surface area contributed by atoms with Crippen molar-refractivity contribution >= 4 is 44.5 Å². The van der Waals surface area contributed by atoms with Gasteiger partial charge in [-0.1, -0.05) is 0 Å². The lowest BCUT2D eigenvalue weighted by Crippen LogP contribution is -1.99. The van der Waals surface area contributed by atoms with Crippen molar-refractivity contribution < 1.29 is 14.6 Å². The summed E-state index contributed by atoms with van der Waals surface area (Å²) in [5.41, 5.74) is 0.934. The van der Waals surface area contributed by atoms with E-state index < -0.39 is 5.97 Å². The third kappa shape index (κ3) is 2.23. The van der Waals surface area contributed by atoms with Crippen molar-refractivity contribution in [3.63, 3.8) is 0 Å². The number of hydrogen-bond acceptors (Lipinski definition) is 2. The van der Waals surface area contributed by atoms with Gasteiger partial charge in [0.1, 0.15) is 5.69 Å². The number of ether oxygens (including phenoxy) is 1. The van der Waals surface area contributed by atoms with E-state index in [1.165, 1.54) is 0 Å². The van der Waals surface area contributed by atoms with E-state index in [1.807, 2.05) is 22.6 Å². The summed E-state index contributed by atoms with van der Waals surface area (Å²) in [5.74, 6) is -0.965. The Labute approximate surface area is 96.9 Å². The molecule has 2 N–H and O–H groups in total. The van der Waals surface area contributed by atoms with Gasteiger partial charge in [0.25, 0.3) is 0 Å². The van der Waals surface area contributed by atoms with Gasteiger partial charge in [-0.2, -0.15) is 0 Å². The number of aromatic carboxylic acids is 1. The van der Waals surface area contributed by atoms with Crippen molar-refractivity contribution in [1.29, 1.82) is 0 Å². The van der Waals surface area contributed by atoms with E-state index in [2.05, 4.69) is 20.9 Å². The second kappa shape index (κ2) is 4.43. The molecule has 0 amide bonds. The van der Waals surface area contributed by atoms with Crippen LogP contribution >= 0.6 is 38.5 Å². The van der Waals surface area contributed by atoms with Crippen molar-refractivity contribution in [2.45, 2.75) is 6.61 Å². The normalized spacial score (nSPS) is 10.4. The fourth-order valence-corrected chi connectivity index (χ4v) is 2.00. The molecule has 0 unspecified atom stereocenters. The minimum Gasteiger partial charge on any atom is -0.477 e. The van der Waals surface area contributed by atoms with Crippen LogP contribution in [0.5, 0.6) is 0 Å². The molecule has 0 saturated heterocycles. The van der Waals surface area contributed by atoms with E-state index >= 15 is 0 Å². The Bertz CT molecular complexity index is 337. The van der Waals surface area contributed by atoms with Crippen molar-refractivity contribution in [2.24, 2.45) is 0 Å². The second-order valence-corrected chi connectivity index (χ2v) is 4.22. The Morgan fingerprint density at radius 2 is 2.38 bits per heavy atom. The zero-order valence-corrected chi connectivity index (χ0v) is 10.5. The molecule has 0 radical (unpaired) electrons. The highest BCUT2D eigenvalue weighted by Gasteiger charge is 2.17. The maximum Gasteiger partial charge on any atom is 0.353 e. The molecule has 13 heavy (non-hydrogen) atoms. The number of carboxylic acids is 1. The highest BCUT2D eigenvalue weighted by Crippen LogP contribution is 2.27. The van der Waals surface area contributed by atoms with Crippen LogP contribution in [-0.2, 0) is 11.3 Å². The number of aromatic nitrogens is 1. The van der Waals surface area contributed by atoms with Crippen LogP contribution in [0.15, 0.2) is 4.47 Å². The topological polar surface area (TPSA) is 62.3 Å². The summed E-state index contributed by atoms with van der Waals surface area (Å²) in [4.78, 5) is 13.5. The third-order valence-electron chi connectivity index (χ3n) is 1.46.